The van der Waals surface area contributed by atoms with E-state index in [-0.39, 0.29) is 6.42 Å². The van der Waals surface area contributed by atoms with Gasteiger partial charge in [-0.05, 0) is 42.3 Å². The van der Waals surface area contributed by atoms with Crippen molar-refractivity contribution in [1.29, 1.82) is 0 Å². The number of amides is 4. The summed E-state index contributed by atoms with van der Waals surface area (Å²) in [5, 5.41) is 4.63. The number of hydrogen-bond donors (Lipinski definition) is 3. The number of barbiturate groups is 1. The molecule has 0 aliphatic carbocycles. The van der Waals surface area contributed by atoms with Crippen LogP contribution >= 0.6 is 0 Å². The fourth-order valence-electron chi connectivity index (χ4n) is 5.08. The highest BCUT2D eigenvalue weighted by molar-refractivity contribution is 6.20. The highest BCUT2D eigenvalue weighted by Gasteiger charge is 2.60. The Labute approximate surface area is 179 Å². The van der Waals surface area contributed by atoms with Crippen molar-refractivity contribution in [2.24, 2.45) is 5.41 Å². The number of benzene rings is 2. The molecule has 1 spiro atoms. The maximum Gasteiger partial charge on any atom is 0.328 e. The number of para-hydroxylation sites is 2. The lowest BCUT2D eigenvalue weighted by Crippen LogP contribution is -2.74. The summed E-state index contributed by atoms with van der Waals surface area (Å²) in [5.41, 5.74) is 7.79. The summed E-state index contributed by atoms with van der Waals surface area (Å²) in [7, 11) is 1.62. The first-order valence-corrected chi connectivity index (χ1v) is 10.1. The number of hydrogen-bond acceptors (Lipinski definition) is 7. The van der Waals surface area contributed by atoms with Gasteiger partial charge in [-0.25, -0.2) is 4.79 Å². The fourth-order valence-corrected chi connectivity index (χ4v) is 5.08. The molecule has 3 heterocycles. The Morgan fingerprint density at radius 2 is 1.77 bits per heavy atom. The van der Waals surface area contributed by atoms with Gasteiger partial charge in [-0.2, -0.15) is 0 Å². The van der Waals surface area contributed by atoms with E-state index >= 15 is 0 Å². The number of nitrogens with one attached hydrogen (secondary N) is 2. The van der Waals surface area contributed by atoms with Crippen LogP contribution in [-0.4, -0.2) is 50.6 Å². The Balaban J connectivity index is 1.62. The van der Waals surface area contributed by atoms with E-state index in [1.54, 1.807) is 13.2 Å². The molecular formula is C22H23N5O4. The number of nitrogens with two attached hydrogens (primary N) is 1. The Hall–Kier alpha value is -3.75. The maximum absolute atomic E-state index is 13.2. The number of carbonyl (C=O) groups is 3. The summed E-state index contributed by atoms with van der Waals surface area (Å²) in [6.45, 7) is 1.69. The topological polar surface area (TPSA) is 117 Å². The minimum atomic E-state index is -1.45. The van der Waals surface area contributed by atoms with Gasteiger partial charge in [-0.15, -0.1) is 0 Å². The van der Waals surface area contributed by atoms with Crippen molar-refractivity contribution in [3.05, 3.63) is 48.0 Å². The number of urea groups is 1. The normalized spacial score (nSPS) is 21.8. The number of imide groups is 2. The zero-order valence-electron chi connectivity index (χ0n) is 17.1. The minimum absolute atomic E-state index is 0.166. The Morgan fingerprint density at radius 1 is 1.03 bits per heavy atom. The summed E-state index contributed by atoms with van der Waals surface area (Å²) in [6, 6.07) is 12.0. The first kappa shape index (κ1) is 19.2. The number of nitrogens with zero attached hydrogens (tertiary/aromatic N) is 2. The van der Waals surface area contributed by atoms with Gasteiger partial charge in [0.2, 0.25) is 11.8 Å². The van der Waals surface area contributed by atoms with Crippen LogP contribution in [0.25, 0.3) is 0 Å². The number of methoxy groups -OCH3 is 1. The highest BCUT2D eigenvalue weighted by atomic mass is 16.5. The molecule has 1 unspecified atom stereocenters. The average Bonchev–Trinajstić information content (AvgIpc) is 2.76. The third kappa shape index (κ3) is 2.80. The number of piperazine rings is 1. The molecule has 2 aromatic rings. The zero-order valence-corrected chi connectivity index (χ0v) is 17.1. The summed E-state index contributed by atoms with van der Waals surface area (Å²) < 4.78 is 5.52. The van der Waals surface area contributed by atoms with Crippen LogP contribution in [0.15, 0.2) is 42.5 Å². The molecule has 1 atom stereocenters. The quantitative estimate of drug-likeness (QED) is 0.487. The predicted octanol–water partition coefficient (Wildman–Crippen LogP) is 0.881. The molecule has 160 valence electrons. The molecule has 4 N–H and O–H groups in total. The summed E-state index contributed by atoms with van der Waals surface area (Å²) in [4.78, 5) is 42.5. The number of anilines is 3. The molecule has 3 aliphatic heterocycles. The van der Waals surface area contributed by atoms with Gasteiger partial charge in [0.25, 0.3) is 0 Å². The van der Waals surface area contributed by atoms with E-state index in [1.165, 1.54) is 0 Å². The SMILES string of the molecule is COc1ccccc1N1CCN2c3ccc(N)cc3CC3(C(=O)NC(=O)NC3=O)C2C1. The van der Waals surface area contributed by atoms with Crippen LogP contribution in [-0.2, 0) is 16.0 Å². The Kier molecular flexibility index (Phi) is 4.28. The molecule has 5 rings (SSSR count). The number of ether oxygens (including phenoxy) is 1. The monoisotopic (exact) mass is 421 g/mol. The zero-order chi connectivity index (χ0) is 21.8. The fraction of sp³-hybridized carbons (Fsp3) is 0.318. The predicted molar refractivity (Wildman–Crippen MR) is 115 cm³/mol. The number of fused-ring (bicyclic) bond motifs is 4. The van der Waals surface area contributed by atoms with E-state index in [4.69, 9.17) is 10.5 Å². The summed E-state index contributed by atoms with van der Waals surface area (Å²) >= 11 is 0. The van der Waals surface area contributed by atoms with E-state index in [1.807, 2.05) is 36.4 Å². The van der Waals surface area contributed by atoms with Crippen LogP contribution in [0.5, 0.6) is 5.75 Å². The van der Waals surface area contributed by atoms with E-state index < -0.39 is 29.3 Å². The smallest absolute Gasteiger partial charge is 0.328 e. The lowest BCUT2D eigenvalue weighted by Gasteiger charge is -2.54. The van der Waals surface area contributed by atoms with Crippen LogP contribution in [0, 0.1) is 5.41 Å². The molecule has 2 aromatic carbocycles. The average molecular weight is 421 g/mol. The number of rotatable bonds is 2. The van der Waals surface area contributed by atoms with Gasteiger partial charge in [0.05, 0.1) is 18.8 Å². The second-order valence-corrected chi connectivity index (χ2v) is 8.10. The molecule has 31 heavy (non-hydrogen) atoms. The van der Waals surface area contributed by atoms with Crippen molar-refractivity contribution in [3.63, 3.8) is 0 Å². The first-order valence-electron chi connectivity index (χ1n) is 10.1. The molecule has 2 saturated heterocycles. The molecule has 0 saturated carbocycles. The van der Waals surface area contributed by atoms with Crippen molar-refractivity contribution < 1.29 is 19.1 Å². The van der Waals surface area contributed by atoms with E-state index in [0.717, 1.165) is 22.7 Å². The van der Waals surface area contributed by atoms with Gasteiger partial charge in [0.1, 0.15) is 5.75 Å². The summed E-state index contributed by atoms with van der Waals surface area (Å²) in [5.74, 6) is -0.431. The number of carbonyl (C=O) groups excluding carboxylic acids is 3. The second kappa shape index (κ2) is 6.90. The van der Waals surface area contributed by atoms with E-state index in [0.29, 0.717) is 25.3 Å². The molecule has 9 nitrogen and oxygen atoms in total. The van der Waals surface area contributed by atoms with Crippen LogP contribution in [0.2, 0.25) is 0 Å². The Bertz CT molecular complexity index is 1080. The van der Waals surface area contributed by atoms with Crippen LogP contribution in [0.4, 0.5) is 21.9 Å². The third-order valence-electron chi connectivity index (χ3n) is 6.52. The van der Waals surface area contributed by atoms with Gasteiger partial charge >= 0.3 is 6.03 Å². The van der Waals surface area contributed by atoms with Crippen molar-refractivity contribution in [2.45, 2.75) is 12.5 Å². The van der Waals surface area contributed by atoms with Crippen molar-refractivity contribution in [2.75, 3.05) is 42.3 Å². The van der Waals surface area contributed by atoms with Gasteiger partial charge in [0.15, 0.2) is 5.41 Å². The number of nitrogen functional groups attached to an aromatic ring is 1. The van der Waals surface area contributed by atoms with Crippen LogP contribution < -0.4 is 30.9 Å². The van der Waals surface area contributed by atoms with Crippen LogP contribution in [0.3, 0.4) is 0 Å². The molecule has 9 heteroatoms. The molecule has 2 fully saturated rings. The standard InChI is InChI=1S/C22H23N5O4/c1-31-17-5-3-2-4-16(17)26-8-9-27-15-7-6-14(23)10-13(15)11-22(18(27)12-26)19(28)24-21(30)25-20(22)29/h2-7,10,18H,8-9,11-12,23H2,1H3,(H2,24,25,28,29,30). The Morgan fingerprint density at radius 3 is 2.52 bits per heavy atom. The molecule has 0 radical (unpaired) electrons. The lowest BCUT2D eigenvalue weighted by atomic mass is 9.68. The van der Waals surface area contributed by atoms with Gasteiger partial charge in [0, 0.05) is 31.0 Å². The third-order valence-corrected chi connectivity index (χ3v) is 6.52. The van der Waals surface area contributed by atoms with Crippen LogP contribution in [0.1, 0.15) is 5.56 Å². The van der Waals surface area contributed by atoms with Gasteiger partial charge in [-0.1, -0.05) is 12.1 Å². The van der Waals surface area contributed by atoms with Crippen molar-refractivity contribution in [3.8, 4) is 5.75 Å². The maximum atomic E-state index is 13.2. The van der Waals surface area contributed by atoms with E-state index in [2.05, 4.69) is 20.4 Å². The molecule has 4 amide bonds. The van der Waals surface area contributed by atoms with Crippen molar-refractivity contribution in [1.82, 2.24) is 10.6 Å². The molecule has 0 bridgehead atoms. The summed E-state index contributed by atoms with van der Waals surface area (Å²) in [6.07, 6.45) is 0.166. The molecule has 0 aromatic heterocycles. The van der Waals surface area contributed by atoms with Crippen molar-refractivity contribution >= 4 is 34.9 Å². The first-order chi connectivity index (χ1) is 14.9. The lowest BCUT2D eigenvalue weighted by molar-refractivity contribution is -0.146. The van der Waals surface area contributed by atoms with E-state index in [9.17, 15) is 14.4 Å². The highest BCUT2D eigenvalue weighted by Crippen LogP contribution is 2.46. The largest absolute Gasteiger partial charge is 0.495 e. The van der Waals surface area contributed by atoms with Gasteiger partial charge < -0.3 is 20.3 Å². The molecular weight excluding hydrogens is 398 g/mol. The molecule has 3 aliphatic rings. The second-order valence-electron chi connectivity index (χ2n) is 8.10. The minimum Gasteiger partial charge on any atom is -0.495 e. The van der Waals surface area contributed by atoms with Gasteiger partial charge in [-0.3, -0.25) is 20.2 Å².